The number of nitrogens with one attached hydrogen (secondary N) is 1. The molecule has 180 valence electrons. The lowest BCUT2D eigenvalue weighted by atomic mass is 10.0. The molecule has 6 nitrogen and oxygen atoms in total. The molecule has 0 aliphatic carbocycles. The van der Waals surface area contributed by atoms with E-state index in [0.717, 1.165) is 36.3 Å². The molecule has 0 spiro atoms. The number of hydrogen-bond acceptors (Lipinski definition) is 4. The fraction of sp³-hybridized carbons (Fsp3) is 0.500. The van der Waals surface area contributed by atoms with E-state index in [2.05, 4.69) is 16.3 Å². The third-order valence-corrected chi connectivity index (χ3v) is 7.51. The number of carbonyl (C=O) groups excluding carboxylic acids is 1. The second-order valence-corrected chi connectivity index (χ2v) is 11.0. The van der Waals surface area contributed by atoms with E-state index < -0.39 is 16.1 Å². The normalized spacial score (nSPS) is 15.8. The monoisotopic (exact) mass is 471 g/mol. The van der Waals surface area contributed by atoms with Gasteiger partial charge in [0, 0.05) is 13.1 Å². The number of anilines is 1. The van der Waals surface area contributed by atoms with E-state index in [4.69, 9.17) is 0 Å². The van der Waals surface area contributed by atoms with Crippen molar-refractivity contribution < 1.29 is 13.2 Å². The summed E-state index contributed by atoms with van der Waals surface area (Å²) in [5.74, 6) is -0.281. The molecule has 2 aromatic rings. The van der Waals surface area contributed by atoms with Crippen molar-refractivity contribution in [3.63, 3.8) is 0 Å². The number of benzene rings is 2. The van der Waals surface area contributed by atoms with Gasteiger partial charge in [0.05, 0.1) is 11.9 Å². The Morgan fingerprint density at radius 2 is 1.73 bits per heavy atom. The SMILES string of the molecule is CC[C@@H](C(=O)NCc1ccccc1CN1CCCCC1)N(c1cc(C)ccc1C)S(C)(=O)=O. The number of likely N-dealkylation sites (tertiary alicyclic amines) is 1. The van der Waals surface area contributed by atoms with Crippen molar-refractivity contribution in [1.82, 2.24) is 10.2 Å². The van der Waals surface area contributed by atoms with Crippen LogP contribution < -0.4 is 9.62 Å². The number of nitrogens with zero attached hydrogens (tertiary/aromatic N) is 2. The van der Waals surface area contributed by atoms with Gasteiger partial charge in [-0.15, -0.1) is 0 Å². The highest BCUT2D eigenvalue weighted by Crippen LogP contribution is 2.27. The van der Waals surface area contributed by atoms with E-state index in [1.807, 2.05) is 57.2 Å². The third kappa shape index (κ3) is 6.58. The summed E-state index contributed by atoms with van der Waals surface area (Å²) in [5, 5.41) is 3.02. The van der Waals surface area contributed by atoms with Crippen LogP contribution in [0.2, 0.25) is 0 Å². The minimum atomic E-state index is -3.66. The van der Waals surface area contributed by atoms with Crippen LogP contribution in [0.25, 0.3) is 0 Å². The Hall–Kier alpha value is -2.38. The summed E-state index contributed by atoms with van der Waals surface area (Å²) in [6.07, 6.45) is 5.30. The predicted octanol–water partition coefficient (Wildman–Crippen LogP) is 4.15. The summed E-state index contributed by atoms with van der Waals surface area (Å²) in [6, 6.07) is 13.0. The van der Waals surface area contributed by atoms with Crippen LogP contribution in [0.1, 0.15) is 54.9 Å². The van der Waals surface area contributed by atoms with Crippen LogP contribution in [0, 0.1) is 13.8 Å². The topological polar surface area (TPSA) is 69.7 Å². The first kappa shape index (κ1) is 25.2. The van der Waals surface area contributed by atoms with Crippen molar-refractivity contribution in [2.75, 3.05) is 23.7 Å². The molecule has 0 unspecified atom stereocenters. The molecule has 1 heterocycles. The largest absolute Gasteiger partial charge is 0.350 e. The van der Waals surface area contributed by atoms with Crippen LogP contribution in [0.4, 0.5) is 5.69 Å². The first-order valence-electron chi connectivity index (χ1n) is 11.8. The number of sulfonamides is 1. The molecule has 33 heavy (non-hydrogen) atoms. The Labute approximate surface area is 199 Å². The lowest BCUT2D eigenvalue weighted by molar-refractivity contribution is -0.122. The molecule has 1 atom stereocenters. The average Bonchev–Trinajstić information content (AvgIpc) is 2.78. The molecule has 2 aromatic carbocycles. The maximum Gasteiger partial charge on any atom is 0.244 e. The lowest BCUT2D eigenvalue weighted by Crippen LogP contribution is -2.49. The molecule has 1 N–H and O–H groups in total. The Bertz CT molecular complexity index is 1060. The van der Waals surface area contributed by atoms with Crippen molar-refractivity contribution in [3.8, 4) is 0 Å². The maximum absolute atomic E-state index is 13.3. The molecule has 1 aliphatic rings. The molecular weight excluding hydrogens is 434 g/mol. The summed E-state index contributed by atoms with van der Waals surface area (Å²) < 4.78 is 26.9. The summed E-state index contributed by atoms with van der Waals surface area (Å²) in [4.78, 5) is 15.7. The summed E-state index contributed by atoms with van der Waals surface area (Å²) in [7, 11) is -3.66. The maximum atomic E-state index is 13.3. The van der Waals surface area contributed by atoms with E-state index >= 15 is 0 Å². The molecule has 1 saturated heterocycles. The van der Waals surface area contributed by atoms with E-state index in [-0.39, 0.29) is 5.91 Å². The number of carbonyl (C=O) groups is 1. The zero-order valence-corrected chi connectivity index (χ0v) is 21.1. The van der Waals surface area contributed by atoms with Gasteiger partial charge in [-0.1, -0.05) is 49.7 Å². The average molecular weight is 472 g/mol. The molecule has 0 bridgehead atoms. The van der Waals surface area contributed by atoms with Crippen LogP contribution in [-0.2, 0) is 27.9 Å². The van der Waals surface area contributed by atoms with Gasteiger partial charge in [0.15, 0.2) is 0 Å². The quantitative estimate of drug-likeness (QED) is 0.597. The van der Waals surface area contributed by atoms with Gasteiger partial charge in [-0.2, -0.15) is 0 Å². The number of hydrogen-bond donors (Lipinski definition) is 1. The molecule has 1 aliphatic heterocycles. The third-order valence-electron chi connectivity index (χ3n) is 6.35. The zero-order chi connectivity index (χ0) is 24.0. The van der Waals surface area contributed by atoms with Crippen LogP contribution >= 0.6 is 0 Å². The first-order chi connectivity index (χ1) is 15.7. The van der Waals surface area contributed by atoms with Gasteiger partial charge in [0.25, 0.3) is 0 Å². The van der Waals surface area contributed by atoms with Crippen LogP contribution in [-0.4, -0.2) is 44.6 Å². The number of amides is 1. The minimum absolute atomic E-state index is 0.281. The number of piperidine rings is 1. The van der Waals surface area contributed by atoms with Crippen LogP contribution in [0.3, 0.4) is 0 Å². The Morgan fingerprint density at radius 1 is 1.06 bits per heavy atom. The highest BCUT2D eigenvalue weighted by atomic mass is 32.2. The summed E-state index contributed by atoms with van der Waals surface area (Å²) in [5.41, 5.74) is 4.62. The first-order valence-corrected chi connectivity index (χ1v) is 13.7. The van der Waals surface area contributed by atoms with Crippen molar-refractivity contribution >= 4 is 21.6 Å². The number of aryl methyl sites for hydroxylation is 2. The van der Waals surface area contributed by atoms with Crippen molar-refractivity contribution in [1.29, 1.82) is 0 Å². The minimum Gasteiger partial charge on any atom is -0.350 e. The van der Waals surface area contributed by atoms with Crippen molar-refractivity contribution in [3.05, 3.63) is 64.7 Å². The standard InChI is InChI=1S/C26H37N3O3S/c1-5-24(29(33(4,31)32)25-17-20(2)13-14-21(25)3)26(30)27-18-22-11-7-8-12-23(22)19-28-15-9-6-10-16-28/h7-8,11-14,17,24H,5-6,9-10,15-16,18-19H2,1-4H3,(H,27,30)/t24-/m0/s1. The van der Waals surface area contributed by atoms with E-state index in [0.29, 0.717) is 18.7 Å². The van der Waals surface area contributed by atoms with Crippen LogP contribution in [0.15, 0.2) is 42.5 Å². The zero-order valence-electron chi connectivity index (χ0n) is 20.3. The molecule has 0 radical (unpaired) electrons. The predicted molar refractivity (Wildman–Crippen MR) is 135 cm³/mol. The lowest BCUT2D eigenvalue weighted by Gasteiger charge is -2.31. The molecule has 0 aromatic heterocycles. The molecule has 7 heteroatoms. The van der Waals surface area contributed by atoms with E-state index in [1.165, 1.54) is 35.4 Å². The molecule has 1 fully saturated rings. The van der Waals surface area contributed by atoms with Gasteiger partial charge in [0.1, 0.15) is 6.04 Å². The molecule has 0 saturated carbocycles. The Kier molecular flexibility index (Phi) is 8.54. The second-order valence-electron chi connectivity index (χ2n) is 9.10. The van der Waals surface area contributed by atoms with E-state index in [9.17, 15) is 13.2 Å². The molecular formula is C26H37N3O3S. The summed E-state index contributed by atoms with van der Waals surface area (Å²) >= 11 is 0. The van der Waals surface area contributed by atoms with Gasteiger partial charge in [-0.3, -0.25) is 14.0 Å². The second kappa shape index (κ2) is 11.2. The van der Waals surface area contributed by atoms with E-state index in [1.54, 1.807) is 0 Å². The smallest absolute Gasteiger partial charge is 0.244 e. The fourth-order valence-electron chi connectivity index (χ4n) is 4.54. The van der Waals surface area contributed by atoms with Gasteiger partial charge in [0.2, 0.25) is 15.9 Å². The fourth-order valence-corrected chi connectivity index (χ4v) is 5.80. The van der Waals surface area contributed by atoms with Gasteiger partial charge in [-0.25, -0.2) is 8.42 Å². The Balaban J connectivity index is 1.78. The van der Waals surface area contributed by atoms with Gasteiger partial charge < -0.3 is 5.32 Å². The highest BCUT2D eigenvalue weighted by molar-refractivity contribution is 7.92. The number of rotatable bonds is 9. The van der Waals surface area contributed by atoms with Gasteiger partial charge >= 0.3 is 0 Å². The molecule has 1 amide bonds. The van der Waals surface area contributed by atoms with Crippen LogP contribution in [0.5, 0.6) is 0 Å². The van der Waals surface area contributed by atoms with Crippen molar-refractivity contribution in [2.45, 2.75) is 65.6 Å². The highest BCUT2D eigenvalue weighted by Gasteiger charge is 2.32. The summed E-state index contributed by atoms with van der Waals surface area (Å²) in [6.45, 7) is 9.11. The molecule has 3 rings (SSSR count). The van der Waals surface area contributed by atoms with Gasteiger partial charge in [-0.05, 0) is 74.5 Å². The Morgan fingerprint density at radius 3 is 2.36 bits per heavy atom. The van der Waals surface area contributed by atoms with Crippen molar-refractivity contribution in [2.24, 2.45) is 0 Å².